The van der Waals surface area contributed by atoms with Gasteiger partial charge in [0.2, 0.25) is 5.91 Å². The Labute approximate surface area is 130 Å². The number of hydrogen-bond donors (Lipinski definition) is 1. The van der Waals surface area contributed by atoms with E-state index in [1.54, 1.807) is 10.9 Å². The highest BCUT2D eigenvalue weighted by molar-refractivity contribution is 7.92. The van der Waals surface area contributed by atoms with Crippen molar-refractivity contribution in [1.82, 2.24) is 15.1 Å². The van der Waals surface area contributed by atoms with E-state index in [2.05, 4.69) is 10.4 Å². The minimum Gasteiger partial charge on any atom is -0.351 e. The van der Waals surface area contributed by atoms with E-state index in [0.29, 0.717) is 6.54 Å². The number of benzene rings is 1. The number of hydrogen-bond acceptors (Lipinski definition) is 4. The Morgan fingerprint density at radius 2 is 1.95 bits per heavy atom. The van der Waals surface area contributed by atoms with Crippen molar-refractivity contribution in [3.8, 4) is 0 Å². The SMILES string of the molecule is C[C@@H](C(=O)NCc1ccccc1Cn1cccn1)S(C)(=O)=O. The lowest BCUT2D eigenvalue weighted by Gasteiger charge is -2.13. The first kappa shape index (κ1) is 16.2. The van der Waals surface area contributed by atoms with E-state index >= 15 is 0 Å². The number of nitrogens with one attached hydrogen (secondary N) is 1. The van der Waals surface area contributed by atoms with Crippen molar-refractivity contribution in [2.24, 2.45) is 0 Å². The van der Waals surface area contributed by atoms with Gasteiger partial charge in [-0.25, -0.2) is 8.42 Å². The molecule has 2 rings (SSSR count). The molecule has 0 saturated heterocycles. The lowest BCUT2D eigenvalue weighted by molar-refractivity contribution is -0.120. The topological polar surface area (TPSA) is 81.1 Å². The van der Waals surface area contributed by atoms with E-state index in [4.69, 9.17) is 0 Å². The Morgan fingerprint density at radius 3 is 2.55 bits per heavy atom. The maximum atomic E-state index is 11.9. The monoisotopic (exact) mass is 321 g/mol. The van der Waals surface area contributed by atoms with Crippen LogP contribution in [0.25, 0.3) is 0 Å². The van der Waals surface area contributed by atoms with Crippen molar-refractivity contribution >= 4 is 15.7 Å². The van der Waals surface area contributed by atoms with E-state index in [1.165, 1.54) is 6.92 Å². The largest absolute Gasteiger partial charge is 0.351 e. The third-order valence-electron chi connectivity index (χ3n) is 3.47. The molecule has 0 aliphatic carbocycles. The van der Waals surface area contributed by atoms with Crippen LogP contribution in [-0.2, 0) is 27.7 Å². The summed E-state index contributed by atoms with van der Waals surface area (Å²) in [6, 6.07) is 9.52. The number of nitrogens with zero attached hydrogens (tertiary/aromatic N) is 2. The molecule has 0 aliphatic heterocycles. The van der Waals surface area contributed by atoms with Gasteiger partial charge in [0.15, 0.2) is 9.84 Å². The molecule has 0 radical (unpaired) electrons. The third kappa shape index (κ3) is 4.17. The van der Waals surface area contributed by atoms with Gasteiger partial charge in [-0.2, -0.15) is 5.10 Å². The number of sulfone groups is 1. The zero-order valence-corrected chi connectivity index (χ0v) is 13.4. The van der Waals surface area contributed by atoms with E-state index in [1.807, 2.05) is 36.5 Å². The summed E-state index contributed by atoms with van der Waals surface area (Å²) >= 11 is 0. The molecule has 6 nitrogen and oxygen atoms in total. The summed E-state index contributed by atoms with van der Waals surface area (Å²) < 4.78 is 24.6. The second-order valence-electron chi connectivity index (χ2n) is 5.16. The predicted molar refractivity (Wildman–Crippen MR) is 83.9 cm³/mol. The summed E-state index contributed by atoms with van der Waals surface area (Å²) in [4.78, 5) is 11.9. The molecule has 1 heterocycles. The van der Waals surface area contributed by atoms with Crippen molar-refractivity contribution in [3.05, 3.63) is 53.9 Å². The quantitative estimate of drug-likeness (QED) is 0.860. The maximum absolute atomic E-state index is 11.9. The molecular weight excluding hydrogens is 302 g/mol. The number of carbonyl (C=O) groups excluding carboxylic acids is 1. The Hall–Kier alpha value is -2.15. The highest BCUT2D eigenvalue weighted by Crippen LogP contribution is 2.10. The molecule has 1 aromatic carbocycles. The van der Waals surface area contributed by atoms with Gasteiger partial charge < -0.3 is 5.32 Å². The van der Waals surface area contributed by atoms with E-state index < -0.39 is 21.0 Å². The molecule has 22 heavy (non-hydrogen) atoms. The van der Waals surface area contributed by atoms with Crippen LogP contribution in [-0.4, -0.2) is 35.6 Å². The highest BCUT2D eigenvalue weighted by atomic mass is 32.2. The molecule has 0 aliphatic rings. The summed E-state index contributed by atoms with van der Waals surface area (Å²) in [5.41, 5.74) is 1.96. The first-order valence-corrected chi connectivity index (χ1v) is 8.84. The number of amides is 1. The molecule has 0 bridgehead atoms. The van der Waals surface area contributed by atoms with Crippen molar-refractivity contribution < 1.29 is 13.2 Å². The molecule has 1 atom stereocenters. The van der Waals surface area contributed by atoms with Crippen molar-refractivity contribution in [2.75, 3.05) is 6.26 Å². The van der Waals surface area contributed by atoms with Gasteiger partial charge in [-0.15, -0.1) is 0 Å². The van der Waals surface area contributed by atoms with Crippen molar-refractivity contribution in [2.45, 2.75) is 25.3 Å². The fraction of sp³-hybridized carbons (Fsp3) is 0.333. The number of carbonyl (C=O) groups is 1. The van der Waals surface area contributed by atoms with Crippen LogP contribution in [0.3, 0.4) is 0 Å². The molecule has 0 unspecified atom stereocenters. The van der Waals surface area contributed by atoms with E-state index in [9.17, 15) is 13.2 Å². The third-order valence-corrected chi connectivity index (χ3v) is 4.97. The Kier molecular flexibility index (Phi) is 4.97. The summed E-state index contributed by atoms with van der Waals surface area (Å²) in [6.07, 6.45) is 4.63. The Morgan fingerprint density at radius 1 is 1.27 bits per heavy atom. The summed E-state index contributed by atoms with van der Waals surface area (Å²) in [7, 11) is -3.38. The second kappa shape index (κ2) is 6.74. The highest BCUT2D eigenvalue weighted by Gasteiger charge is 2.23. The van der Waals surface area contributed by atoms with Crippen LogP contribution >= 0.6 is 0 Å². The fourth-order valence-corrected chi connectivity index (χ4v) is 2.45. The first-order chi connectivity index (χ1) is 10.4. The van der Waals surface area contributed by atoms with Crippen LogP contribution in [0.2, 0.25) is 0 Å². The smallest absolute Gasteiger partial charge is 0.238 e. The molecule has 7 heteroatoms. The maximum Gasteiger partial charge on any atom is 0.238 e. The van der Waals surface area contributed by atoms with Gasteiger partial charge in [-0.05, 0) is 24.1 Å². The van der Waals surface area contributed by atoms with Crippen LogP contribution < -0.4 is 5.32 Å². The average Bonchev–Trinajstić information content (AvgIpc) is 2.97. The predicted octanol–water partition coefficient (Wildman–Crippen LogP) is 0.981. The van der Waals surface area contributed by atoms with Crippen LogP contribution in [0.1, 0.15) is 18.1 Å². The van der Waals surface area contributed by atoms with Gasteiger partial charge in [0.1, 0.15) is 5.25 Å². The first-order valence-electron chi connectivity index (χ1n) is 6.88. The normalized spacial score (nSPS) is 12.8. The van der Waals surface area contributed by atoms with Gasteiger partial charge in [0.05, 0.1) is 6.54 Å². The van der Waals surface area contributed by atoms with Crippen LogP contribution in [0.4, 0.5) is 0 Å². The van der Waals surface area contributed by atoms with Gasteiger partial charge >= 0.3 is 0 Å². The number of aromatic nitrogens is 2. The zero-order chi connectivity index (χ0) is 16.2. The lowest BCUT2D eigenvalue weighted by atomic mass is 10.1. The zero-order valence-electron chi connectivity index (χ0n) is 12.6. The molecule has 1 aromatic heterocycles. The summed E-state index contributed by atoms with van der Waals surface area (Å²) in [6.45, 7) is 2.27. The van der Waals surface area contributed by atoms with E-state index in [-0.39, 0.29) is 6.54 Å². The Balaban J connectivity index is 2.06. The molecule has 2 aromatic rings. The standard InChI is InChI=1S/C15H19N3O3S/c1-12(22(2,20)21)15(19)16-10-13-6-3-4-7-14(13)11-18-9-5-8-17-18/h3-9,12H,10-11H2,1-2H3,(H,16,19)/t12-/m0/s1. The number of rotatable bonds is 6. The minimum atomic E-state index is -3.38. The van der Waals surface area contributed by atoms with E-state index in [0.717, 1.165) is 17.4 Å². The average molecular weight is 321 g/mol. The molecule has 0 saturated carbocycles. The van der Waals surface area contributed by atoms with Crippen molar-refractivity contribution in [1.29, 1.82) is 0 Å². The van der Waals surface area contributed by atoms with Crippen molar-refractivity contribution in [3.63, 3.8) is 0 Å². The molecule has 0 fully saturated rings. The molecule has 1 N–H and O–H groups in total. The van der Waals surface area contributed by atoms with Gasteiger partial charge in [0.25, 0.3) is 0 Å². The summed E-state index contributed by atoms with van der Waals surface area (Å²) in [5, 5.41) is 5.79. The Bertz CT molecular complexity index is 739. The lowest BCUT2D eigenvalue weighted by Crippen LogP contribution is -2.37. The fourth-order valence-electron chi connectivity index (χ4n) is 1.97. The van der Waals surface area contributed by atoms with Gasteiger partial charge in [-0.1, -0.05) is 24.3 Å². The van der Waals surface area contributed by atoms with Crippen LogP contribution in [0.5, 0.6) is 0 Å². The van der Waals surface area contributed by atoms with Crippen LogP contribution in [0.15, 0.2) is 42.7 Å². The second-order valence-corrected chi connectivity index (χ2v) is 7.53. The molecule has 1 amide bonds. The van der Waals surface area contributed by atoms with Gasteiger partial charge in [0, 0.05) is 25.2 Å². The molecule has 118 valence electrons. The minimum absolute atomic E-state index is 0.288. The molecular formula is C15H19N3O3S. The summed E-state index contributed by atoms with van der Waals surface area (Å²) in [5.74, 6) is -0.489. The van der Waals surface area contributed by atoms with Crippen LogP contribution in [0, 0.1) is 0 Å². The molecule has 0 spiro atoms. The van der Waals surface area contributed by atoms with Gasteiger partial charge in [-0.3, -0.25) is 9.48 Å².